The topological polar surface area (TPSA) is 89.9 Å². The number of aryl methyl sites for hydroxylation is 1. The molecule has 0 radical (unpaired) electrons. The summed E-state index contributed by atoms with van der Waals surface area (Å²) in [5.74, 6) is -0.450. The molecule has 0 saturated carbocycles. The van der Waals surface area contributed by atoms with Gasteiger partial charge < -0.3 is 20.4 Å². The maximum absolute atomic E-state index is 12.5. The number of carbonyl (C=O) groups excluding carboxylic acids is 2. The first-order valence-corrected chi connectivity index (χ1v) is 9.46. The minimum atomic E-state index is -0.361. The maximum atomic E-state index is 12.5. The Morgan fingerprint density at radius 1 is 1.25 bits per heavy atom. The quantitative estimate of drug-likeness (QED) is 0.715. The number of aliphatic hydroxyl groups excluding tert-OH is 1. The summed E-state index contributed by atoms with van der Waals surface area (Å²) in [5, 5.41) is 21.7. The number of hydrogen-bond donors (Lipinski definition) is 3. The molecule has 2 aromatic carbocycles. The lowest BCUT2D eigenvalue weighted by molar-refractivity contribution is -0.126. The van der Waals surface area contributed by atoms with E-state index in [1.54, 1.807) is 23.1 Å². The van der Waals surface area contributed by atoms with Gasteiger partial charge in [-0.1, -0.05) is 18.2 Å². The van der Waals surface area contributed by atoms with E-state index in [1.165, 1.54) is 0 Å². The van der Waals surface area contributed by atoms with Crippen LogP contribution in [0.2, 0.25) is 0 Å². The van der Waals surface area contributed by atoms with Crippen molar-refractivity contribution in [3.63, 3.8) is 0 Å². The molecule has 6 heteroatoms. The smallest absolute Gasteiger partial charge is 0.227 e. The van der Waals surface area contributed by atoms with Gasteiger partial charge in [-0.05, 0) is 55.2 Å². The monoisotopic (exact) mass is 382 g/mol. The molecule has 0 spiro atoms. The normalized spacial score (nSPS) is 16.5. The van der Waals surface area contributed by atoms with Crippen LogP contribution in [0.4, 0.5) is 5.69 Å². The van der Waals surface area contributed by atoms with Crippen molar-refractivity contribution in [1.29, 1.82) is 0 Å². The zero-order valence-electron chi connectivity index (χ0n) is 16.2. The summed E-state index contributed by atoms with van der Waals surface area (Å²) in [6, 6.07) is 10.9. The lowest BCUT2D eigenvalue weighted by Crippen LogP contribution is -2.34. The molecule has 0 aliphatic carbocycles. The molecule has 148 valence electrons. The molecule has 1 aliphatic rings. The zero-order valence-corrected chi connectivity index (χ0v) is 16.2. The summed E-state index contributed by atoms with van der Waals surface area (Å²) >= 11 is 0. The van der Waals surface area contributed by atoms with Crippen LogP contribution in [-0.4, -0.2) is 35.1 Å². The molecule has 1 unspecified atom stereocenters. The Morgan fingerprint density at radius 3 is 2.79 bits per heavy atom. The number of hydrogen-bond acceptors (Lipinski definition) is 4. The van der Waals surface area contributed by atoms with E-state index in [0.717, 1.165) is 22.4 Å². The standard InChI is InChI=1S/C22H26N2O4/c1-14-4-3-5-19(15(14)2)24-12-17(11-21(24)27)22(28)23-9-8-16-6-7-20(26)18(10-16)13-25/h3-7,10,17,25-26H,8-9,11-13H2,1-2H3,(H,23,28). The van der Waals surface area contributed by atoms with Gasteiger partial charge in [0.25, 0.3) is 0 Å². The molecule has 1 saturated heterocycles. The van der Waals surface area contributed by atoms with Crippen molar-refractivity contribution >= 4 is 17.5 Å². The summed E-state index contributed by atoms with van der Waals surface area (Å²) in [4.78, 5) is 26.7. The predicted octanol–water partition coefficient (Wildman–Crippen LogP) is 2.21. The van der Waals surface area contributed by atoms with E-state index in [1.807, 2.05) is 32.0 Å². The number of benzene rings is 2. The van der Waals surface area contributed by atoms with Crippen molar-refractivity contribution in [3.05, 3.63) is 58.7 Å². The third-order valence-electron chi connectivity index (χ3n) is 5.39. The Kier molecular flexibility index (Phi) is 5.99. The summed E-state index contributed by atoms with van der Waals surface area (Å²) < 4.78 is 0. The van der Waals surface area contributed by atoms with Crippen molar-refractivity contribution in [2.75, 3.05) is 18.0 Å². The SMILES string of the molecule is Cc1cccc(N2CC(C(=O)NCCc3ccc(O)c(CO)c3)CC2=O)c1C. The summed E-state index contributed by atoms with van der Waals surface area (Å²) in [7, 11) is 0. The highest BCUT2D eigenvalue weighted by molar-refractivity contribution is 6.00. The van der Waals surface area contributed by atoms with Gasteiger partial charge in [-0.2, -0.15) is 0 Å². The van der Waals surface area contributed by atoms with Crippen LogP contribution in [-0.2, 0) is 22.6 Å². The first kappa shape index (κ1) is 19.9. The van der Waals surface area contributed by atoms with E-state index in [-0.39, 0.29) is 36.5 Å². The largest absolute Gasteiger partial charge is 0.508 e. The van der Waals surface area contributed by atoms with E-state index >= 15 is 0 Å². The molecule has 1 fully saturated rings. The second kappa shape index (κ2) is 8.44. The summed E-state index contributed by atoms with van der Waals surface area (Å²) in [5.41, 5.74) is 4.44. The fraction of sp³-hybridized carbons (Fsp3) is 0.364. The van der Waals surface area contributed by atoms with Gasteiger partial charge in [0.15, 0.2) is 0 Å². The Labute approximate surface area is 164 Å². The number of amides is 2. The average molecular weight is 382 g/mol. The van der Waals surface area contributed by atoms with Crippen LogP contribution in [0.25, 0.3) is 0 Å². The zero-order chi connectivity index (χ0) is 20.3. The summed E-state index contributed by atoms with van der Waals surface area (Å²) in [6.07, 6.45) is 0.799. The first-order chi connectivity index (χ1) is 13.4. The minimum absolute atomic E-state index is 0.0278. The van der Waals surface area contributed by atoms with Crippen LogP contribution < -0.4 is 10.2 Å². The van der Waals surface area contributed by atoms with Crippen LogP contribution >= 0.6 is 0 Å². The minimum Gasteiger partial charge on any atom is -0.508 e. The highest BCUT2D eigenvalue weighted by Gasteiger charge is 2.35. The summed E-state index contributed by atoms with van der Waals surface area (Å²) in [6.45, 7) is 4.59. The van der Waals surface area contributed by atoms with Crippen molar-refractivity contribution in [3.8, 4) is 5.75 Å². The first-order valence-electron chi connectivity index (χ1n) is 9.46. The van der Waals surface area contributed by atoms with Crippen LogP contribution in [0.1, 0.15) is 28.7 Å². The lowest BCUT2D eigenvalue weighted by Gasteiger charge is -2.20. The van der Waals surface area contributed by atoms with Gasteiger partial charge in [0.05, 0.1) is 12.5 Å². The van der Waals surface area contributed by atoms with Crippen molar-refractivity contribution < 1.29 is 19.8 Å². The molecule has 28 heavy (non-hydrogen) atoms. The highest BCUT2D eigenvalue weighted by Crippen LogP contribution is 2.29. The number of nitrogens with one attached hydrogen (secondary N) is 1. The third-order valence-corrected chi connectivity index (χ3v) is 5.39. The van der Waals surface area contributed by atoms with Crippen molar-refractivity contribution in [1.82, 2.24) is 5.32 Å². The molecule has 6 nitrogen and oxygen atoms in total. The maximum Gasteiger partial charge on any atom is 0.227 e. The molecule has 3 N–H and O–H groups in total. The second-order valence-corrected chi connectivity index (χ2v) is 7.29. The molecule has 2 amide bonds. The Morgan fingerprint density at radius 2 is 2.04 bits per heavy atom. The van der Waals surface area contributed by atoms with Crippen LogP contribution in [0, 0.1) is 19.8 Å². The van der Waals surface area contributed by atoms with Gasteiger partial charge >= 0.3 is 0 Å². The fourth-order valence-electron chi connectivity index (χ4n) is 3.54. The van der Waals surface area contributed by atoms with Gasteiger partial charge in [-0.15, -0.1) is 0 Å². The Balaban J connectivity index is 1.57. The van der Waals surface area contributed by atoms with Crippen molar-refractivity contribution in [2.24, 2.45) is 5.92 Å². The molecular weight excluding hydrogens is 356 g/mol. The van der Waals surface area contributed by atoms with E-state index in [9.17, 15) is 19.8 Å². The number of aromatic hydroxyl groups is 1. The lowest BCUT2D eigenvalue weighted by atomic mass is 10.1. The average Bonchev–Trinajstić information content (AvgIpc) is 3.07. The van der Waals surface area contributed by atoms with Gasteiger partial charge in [0.2, 0.25) is 11.8 Å². The molecular formula is C22H26N2O4. The Hall–Kier alpha value is -2.86. The number of anilines is 1. The number of aliphatic hydroxyl groups is 1. The van der Waals surface area contributed by atoms with E-state index in [0.29, 0.717) is 25.1 Å². The predicted molar refractivity (Wildman–Crippen MR) is 107 cm³/mol. The number of rotatable bonds is 6. The molecule has 0 aromatic heterocycles. The molecule has 1 heterocycles. The second-order valence-electron chi connectivity index (χ2n) is 7.29. The van der Waals surface area contributed by atoms with Crippen LogP contribution in [0.15, 0.2) is 36.4 Å². The molecule has 1 atom stereocenters. The molecule has 2 aromatic rings. The van der Waals surface area contributed by atoms with Crippen LogP contribution in [0.3, 0.4) is 0 Å². The molecule has 3 rings (SSSR count). The highest BCUT2D eigenvalue weighted by atomic mass is 16.3. The molecule has 1 aliphatic heterocycles. The molecule has 0 bridgehead atoms. The fourth-order valence-corrected chi connectivity index (χ4v) is 3.54. The van der Waals surface area contributed by atoms with Gasteiger partial charge in [0.1, 0.15) is 5.75 Å². The van der Waals surface area contributed by atoms with E-state index < -0.39 is 0 Å². The Bertz CT molecular complexity index is 894. The van der Waals surface area contributed by atoms with Gasteiger partial charge in [0, 0.05) is 30.8 Å². The van der Waals surface area contributed by atoms with E-state index in [4.69, 9.17) is 0 Å². The number of nitrogens with zero attached hydrogens (tertiary/aromatic N) is 1. The third kappa shape index (κ3) is 4.17. The van der Waals surface area contributed by atoms with E-state index in [2.05, 4.69) is 5.32 Å². The van der Waals surface area contributed by atoms with Crippen molar-refractivity contribution in [2.45, 2.75) is 33.3 Å². The van der Waals surface area contributed by atoms with Gasteiger partial charge in [-0.3, -0.25) is 9.59 Å². The van der Waals surface area contributed by atoms with Crippen LogP contribution in [0.5, 0.6) is 5.75 Å². The number of phenols is 1. The van der Waals surface area contributed by atoms with Gasteiger partial charge in [-0.25, -0.2) is 0 Å². The number of carbonyl (C=O) groups is 2.